The van der Waals surface area contributed by atoms with Gasteiger partial charge in [0, 0.05) is 32.7 Å². The normalized spacial score (nSPS) is 17.0. The number of piperazine rings is 1. The molecule has 1 N–H and O–H groups in total. The summed E-state index contributed by atoms with van der Waals surface area (Å²) >= 11 is 0. The molecule has 0 aliphatic carbocycles. The second-order valence-electron chi connectivity index (χ2n) is 7.73. The summed E-state index contributed by atoms with van der Waals surface area (Å²) in [6, 6.07) is 8.03. The van der Waals surface area contributed by atoms with Crippen molar-refractivity contribution in [1.29, 1.82) is 0 Å². The second kappa shape index (κ2) is 9.24. The van der Waals surface area contributed by atoms with Crippen LogP contribution in [0, 0.1) is 0 Å². The third-order valence-corrected chi connectivity index (χ3v) is 4.53. The van der Waals surface area contributed by atoms with E-state index in [4.69, 9.17) is 9.47 Å². The average Bonchev–Trinajstić information content (AvgIpc) is 2.60. The first-order valence-electron chi connectivity index (χ1n) is 9.35. The molecule has 1 saturated heterocycles. The quantitative estimate of drug-likeness (QED) is 0.840. The van der Waals surface area contributed by atoms with Gasteiger partial charge in [-0.1, -0.05) is 32.9 Å². The Hall–Kier alpha value is -1.79. The molecule has 1 aliphatic rings. The summed E-state index contributed by atoms with van der Waals surface area (Å²) in [6.45, 7) is 12.2. The molecule has 0 radical (unpaired) electrons. The van der Waals surface area contributed by atoms with Gasteiger partial charge in [0.25, 0.3) is 0 Å². The van der Waals surface area contributed by atoms with Crippen molar-refractivity contribution >= 4 is 6.09 Å². The monoisotopic (exact) mass is 364 g/mol. The highest BCUT2D eigenvalue weighted by molar-refractivity contribution is 5.67. The van der Waals surface area contributed by atoms with Crippen LogP contribution < -0.4 is 4.74 Å². The zero-order valence-corrected chi connectivity index (χ0v) is 16.4. The number of aliphatic hydroxyl groups excluding tert-OH is 1. The number of β-amino-alcohol motifs (C(OH)–C–C–N with tert-alkyl or cyclic N) is 1. The molecule has 146 valence electrons. The van der Waals surface area contributed by atoms with E-state index in [1.165, 1.54) is 5.56 Å². The lowest BCUT2D eigenvalue weighted by Gasteiger charge is -2.34. The smallest absolute Gasteiger partial charge is 0.409 e. The van der Waals surface area contributed by atoms with Crippen molar-refractivity contribution in [3.05, 3.63) is 29.8 Å². The maximum atomic E-state index is 11.7. The summed E-state index contributed by atoms with van der Waals surface area (Å²) in [7, 11) is 0. The first-order valence-corrected chi connectivity index (χ1v) is 9.35. The molecule has 0 bridgehead atoms. The van der Waals surface area contributed by atoms with Gasteiger partial charge in [0.1, 0.15) is 18.5 Å². The van der Waals surface area contributed by atoms with E-state index in [2.05, 4.69) is 37.8 Å². The molecule has 1 aromatic carbocycles. The first-order chi connectivity index (χ1) is 12.3. The number of nitrogens with zero attached hydrogens (tertiary/aromatic N) is 2. The third-order valence-electron chi connectivity index (χ3n) is 4.53. The minimum atomic E-state index is -0.563. The van der Waals surface area contributed by atoms with Crippen LogP contribution in [0.1, 0.15) is 33.3 Å². The number of aliphatic hydroxyl groups is 1. The van der Waals surface area contributed by atoms with Crippen molar-refractivity contribution in [2.45, 2.75) is 39.2 Å². The molecular formula is C20H32N2O4. The topological polar surface area (TPSA) is 62.2 Å². The molecule has 6 nitrogen and oxygen atoms in total. The number of carbonyl (C=O) groups is 1. The molecule has 26 heavy (non-hydrogen) atoms. The molecule has 0 saturated carbocycles. The van der Waals surface area contributed by atoms with Gasteiger partial charge in [0.2, 0.25) is 0 Å². The number of rotatable bonds is 6. The van der Waals surface area contributed by atoms with Crippen molar-refractivity contribution in [3.63, 3.8) is 0 Å². The van der Waals surface area contributed by atoms with Crippen molar-refractivity contribution < 1.29 is 19.4 Å². The van der Waals surface area contributed by atoms with E-state index in [0.29, 0.717) is 26.2 Å². The Kier molecular flexibility index (Phi) is 7.29. The summed E-state index contributed by atoms with van der Waals surface area (Å²) in [4.78, 5) is 15.5. The van der Waals surface area contributed by atoms with Crippen LogP contribution in [0.5, 0.6) is 5.75 Å². The van der Waals surface area contributed by atoms with E-state index in [1.54, 1.807) is 11.8 Å². The fourth-order valence-corrected chi connectivity index (χ4v) is 2.92. The number of ether oxygens (including phenoxy) is 2. The number of benzene rings is 1. The lowest BCUT2D eigenvalue weighted by molar-refractivity contribution is 0.0407. The molecular weight excluding hydrogens is 332 g/mol. The largest absolute Gasteiger partial charge is 0.491 e. The highest BCUT2D eigenvalue weighted by Crippen LogP contribution is 2.24. The molecule has 1 aliphatic heterocycles. The van der Waals surface area contributed by atoms with E-state index < -0.39 is 6.10 Å². The summed E-state index contributed by atoms with van der Waals surface area (Å²) in [5.74, 6) is 0.768. The van der Waals surface area contributed by atoms with E-state index in [-0.39, 0.29) is 18.1 Å². The Bertz CT molecular complexity index is 560. The molecule has 1 heterocycles. The van der Waals surface area contributed by atoms with Gasteiger partial charge in [-0.05, 0) is 30.0 Å². The maximum Gasteiger partial charge on any atom is 0.409 e. The molecule has 6 heteroatoms. The van der Waals surface area contributed by atoms with E-state index in [0.717, 1.165) is 18.8 Å². The maximum absolute atomic E-state index is 11.7. The highest BCUT2D eigenvalue weighted by atomic mass is 16.6. The van der Waals surface area contributed by atoms with Crippen LogP contribution in [0.3, 0.4) is 0 Å². The van der Waals surface area contributed by atoms with Gasteiger partial charge in [-0.3, -0.25) is 4.90 Å². The highest BCUT2D eigenvalue weighted by Gasteiger charge is 2.23. The van der Waals surface area contributed by atoms with Crippen LogP contribution in [-0.2, 0) is 10.2 Å². The molecule has 1 atom stereocenters. The van der Waals surface area contributed by atoms with Crippen LogP contribution in [0.2, 0.25) is 0 Å². The summed E-state index contributed by atoms with van der Waals surface area (Å²) in [5, 5.41) is 10.2. The molecule has 2 rings (SSSR count). The molecule has 1 aromatic rings. The first kappa shape index (κ1) is 20.5. The number of amides is 1. The van der Waals surface area contributed by atoms with Gasteiger partial charge < -0.3 is 19.5 Å². The zero-order chi connectivity index (χ0) is 19.2. The number of hydrogen-bond acceptors (Lipinski definition) is 5. The standard InChI is InChI=1S/C20H32N2O4/c1-5-25-19(24)22-12-10-21(11-13-22)14-17(23)15-26-18-8-6-16(7-9-18)20(2,3)4/h6-9,17,23H,5,10-15H2,1-4H3/t17-/m0/s1. The molecule has 0 unspecified atom stereocenters. The molecule has 1 amide bonds. The zero-order valence-electron chi connectivity index (χ0n) is 16.4. The van der Waals surface area contributed by atoms with Crippen molar-refractivity contribution in [3.8, 4) is 5.75 Å². The van der Waals surface area contributed by atoms with Crippen LogP contribution in [0.25, 0.3) is 0 Å². The predicted octanol–water partition coefficient (Wildman–Crippen LogP) is 2.50. The van der Waals surface area contributed by atoms with E-state index >= 15 is 0 Å². The lowest BCUT2D eigenvalue weighted by atomic mass is 9.87. The summed E-state index contributed by atoms with van der Waals surface area (Å²) < 4.78 is 10.7. The van der Waals surface area contributed by atoms with Crippen LogP contribution in [0.4, 0.5) is 4.79 Å². The van der Waals surface area contributed by atoms with Crippen molar-refractivity contribution in [2.75, 3.05) is 45.9 Å². The van der Waals surface area contributed by atoms with Gasteiger partial charge in [-0.15, -0.1) is 0 Å². The van der Waals surface area contributed by atoms with Crippen molar-refractivity contribution in [2.24, 2.45) is 0 Å². The summed E-state index contributed by atoms with van der Waals surface area (Å²) in [5.41, 5.74) is 1.37. The SMILES string of the molecule is CCOC(=O)N1CCN(C[C@H](O)COc2ccc(C(C)(C)C)cc2)CC1. The second-order valence-corrected chi connectivity index (χ2v) is 7.73. The third kappa shape index (κ3) is 6.18. The summed E-state index contributed by atoms with van der Waals surface area (Å²) in [6.07, 6.45) is -0.818. The predicted molar refractivity (Wildman–Crippen MR) is 102 cm³/mol. The Labute approximate surface area is 156 Å². The van der Waals surface area contributed by atoms with Crippen LogP contribution in [0.15, 0.2) is 24.3 Å². The van der Waals surface area contributed by atoms with Gasteiger partial charge in [-0.25, -0.2) is 4.79 Å². The Morgan fingerprint density at radius 1 is 1.15 bits per heavy atom. The molecule has 0 aromatic heterocycles. The van der Waals surface area contributed by atoms with Crippen LogP contribution >= 0.6 is 0 Å². The fourth-order valence-electron chi connectivity index (χ4n) is 2.92. The van der Waals surface area contributed by atoms with E-state index in [1.807, 2.05) is 12.1 Å². The van der Waals surface area contributed by atoms with Gasteiger partial charge >= 0.3 is 6.09 Å². The van der Waals surface area contributed by atoms with Crippen molar-refractivity contribution in [1.82, 2.24) is 9.80 Å². The molecule has 1 fully saturated rings. The minimum Gasteiger partial charge on any atom is -0.491 e. The van der Waals surface area contributed by atoms with Gasteiger partial charge in [0.05, 0.1) is 6.61 Å². The van der Waals surface area contributed by atoms with Gasteiger partial charge in [-0.2, -0.15) is 0 Å². The van der Waals surface area contributed by atoms with Crippen LogP contribution in [-0.4, -0.2) is 73.0 Å². The Balaban J connectivity index is 1.71. The Morgan fingerprint density at radius 2 is 1.77 bits per heavy atom. The fraction of sp³-hybridized carbons (Fsp3) is 0.650. The Morgan fingerprint density at radius 3 is 2.31 bits per heavy atom. The number of hydrogen-bond donors (Lipinski definition) is 1. The lowest BCUT2D eigenvalue weighted by Crippen LogP contribution is -2.51. The molecule has 0 spiro atoms. The minimum absolute atomic E-state index is 0.115. The average molecular weight is 364 g/mol. The van der Waals surface area contributed by atoms with E-state index in [9.17, 15) is 9.90 Å². The number of carbonyl (C=O) groups excluding carboxylic acids is 1. The van der Waals surface area contributed by atoms with Gasteiger partial charge in [0.15, 0.2) is 0 Å².